The van der Waals surface area contributed by atoms with Gasteiger partial charge in [-0.2, -0.15) is 5.10 Å². The van der Waals surface area contributed by atoms with Crippen LogP contribution in [0.25, 0.3) is 22.0 Å². The molecule has 0 aliphatic heterocycles. The number of aromatic hydroxyl groups is 1. The van der Waals surface area contributed by atoms with E-state index in [9.17, 15) is 5.11 Å². The summed E-state index contributed by atoms with van der Waals surface area (Å²) in [7, 11) is 1.93. The Morgan fingerprint density at radius 3 is 2.53 bits per heavy atom. The molecule has 1 aromatic heterocycles. The van der Waals surface area contributed by atoms with Gasteiger partial charge in [-0.05, 0) is 35.0 Å². The molecule has 17 heavy (non-hydrogen) atoms. The van der Waals surface area contributed by atoms with E-state index in [1.807, 2.05) is 36.0 Å². The highest BCUT2D eigenvalue weighted by atomic mass is 16.3. The third kappa shape index (κ3) is 1.65. The van der Waals surface area contributed by atoms with Gasteiger partial charge in [0.05, 0.1) is 5.69 Å². The van der Waals surface area contributed by atoms with Crippen molar-refractivity contribution < 1.29 is 5.11 Å². The van der Waals surface area contributed by atoms with Gasteiger partial charge in [-0.15, -0.1) is 0 Å². The second-order valence-electron chi connectivity index (χ2n) is 4.09. The van der Waals surface area contributed by atoms with Gasteiger partial charge in [0.2, 0.25) is 0 Å². The quantitative estimate of drug-likeness (QED) is 0.690. The molecule has 0 saturated carbocycles. The van der Waals surface area contributed by atoms with Gasteiger partial charge in [0.25, 0.3) is 0 Å². The minimum atomic E-state index is 0.297. The Labute approximate surface area is 98.9 Å². The zero-order valence-corrected chi connectivity index (χ0v) is 9.46. The van der Waals surface area contributed by atoms with Crippen molar-refractivity contribution >= 4 is 10.8 Å². The van der Waals surface area contributed by atoms with E-state index in [-0.39, 0.29) is 0 Å². The third-order valence-electron chi connectivity index (χ3n) is 2.94. The molecule has 0 atom stereocenters. The van der Waals surface area contributed by atoms with Crippen molar-refractivity contribution in [1.82, 2.24) is 9.78 Å². The summed E-state index contributed by atoms with van der Waals surface area (Å²) in [5, 5.41) is 15.7. The minimum absolute atomic E-state index is 0.297. The molecule has 0 aliphatic carbocycles. The highest BCUT2D eigenvalue weighted by molar-refractivity contribution is 5.87. The van der Waals surface area contributed by atoms with Crippen molar-refractivity contribution in [3.05, 3.63) is 48.7 Å². The zero-order chi connectivity index (χ0) is 11.8. The second-order valence-corrected chi connectivity index (χ2v) is 4.09. The first-order valence-electron chi connectivity index (χ1n) is 5.45. The number of nitrogens with zero attached hydrogens (tertiary/aromatic N) is 2. The third-order valence-corrected chi connectivity index (χ3v) is 2.94. The molecule has 3 heteroatoms. The number of rotatable bonds is 1. The number of fused-ring (bicyclic) bond motifs is 1. The van der Waals surface area contributed by atoms with Crippen LogP contribution in [0.5, 0.6) is 5.75 Å². The maximum Gasteiger partial charge on any atom is 0.116 e. The Morgan fingerprint density at radius 2 is 1.76 bits per heavy atom. The van der Waals surface area contributed by atoms with E-state index in [0.29, 0.717) is 5.75 Å². The first-order valence-corrected chi connectivity index (χ1v) is 5.45. The second kappa shape index (κ2) is 3.63. The Balaban J connectivity index is 2.20. The lowest BCUT2D eigenvalue weighted by Crippen LogP contribution is -1.92. The van der Waals surface area contributed by atoms with Crippen LogP contribution < -0.4 is 0 Å². The molecule has 84 valence electrons. The average Bonchev–Trinajstić information content (AvgIpc) is 2.75. The molecule has 1 N–H and O–H groups in total. The van der Waals surface area contributed by atoms with Crippen molar-refractivity contribution in [2.24, 2.45) is 7.05 Å². The number of phenols is 1. The van der Waals surface area contributed by atoms with Crippen LogP contribution in [0.4, 0.5) is 0 Å². The molecule has 1 heterocycles. The fourth-order valence-corrected chi connectivity index (χ4v) is 2.05. The summed E-state index contributed by atoms with van der Waals surface area (Å²) in [5.74, 6) is 0.297. The Bertz CT molecular complexity index is 686. The number of hydrogen-bond acceptors (Lipinski definition) is 2. The maximum absolute atomic E-state index is 9.41. The summed E-state index contributed by atoms with van der Waals surface area (Å²) in [5.41, 5.74) is 2.21. The van der Waals surface area contributed by atoms with Crippen LogP contribution in [0, 0.1) is 0 Å². The zero-order valence-electron chi connectivity index (χ0n) is 9.46. The van der Waals surface area contributed by atoms with E-state index in [1.165, 1.54) is 0 Å². The van der Waals surface area contributed by atoms with Gasteiger partial charge in [0, 0.05) is 18.8 Å². The van der Waals surface area contributed by atoms with Gasteiger partial charge in [-0.25, -0.2) is 0 Å². The largest absolute Gasteiger partial charge is 0.508 e. The van der Waals surface area contributed by atoms with Crippen molar-refractivity contribution in [1.29, 1.82) is 0 Å². The number of phenolic OH excluding ortho intramolecular Hbond substituents is 1. The molecule has 0 saturated heterocycles. The molecule has 3 aromatic rings. The molecule has 0 radical (unpaired) electrons. The van der Waals surface area contributed by atoms with Gasteiger partial charge in [-0.3, -0.25) is 4.68 Å². The molecular weight excluding hydrogens is 212 g/mol. The molecule has 2 aromatic carbocycles. The lowest BCUT2D eigenvalue weighted by molar-refractivity contribution is 0.476. The Hall–Kier alpha value is -2.29. The van der Waals surface area contributed by atoms with E-state index < -0.39 is 0 Å². The van der Waals surface area contributed by atoms with Crippen molar-refractivity contribution in [3.63, 3.8) is 0 Å². The Kier molecular flexibility index (Phi) is 2.11. The lowest BCUT2D eigenvalue weighted by atomic mass is 10.0. The van der Waals surface area contributed by atoms with Crippen molar-refractivity contribution in [2.75, 3.05) is 0 Å². The Morgan fingerprint density at radius 1 is 1.00 bits per heavy atom. The standard InChI is InChI=1S/C14H12N2O/c1-16-14(6-7-15-16)12-3-2-11-9-13(17)5-4-10(11)8-12/h2-9,17H,1H3. The fraction of sp³-hybridized carbons (Fsp3) is 0.0714. The smallest absolute Gasteiger partial charge is 0.116 e. The van der Waals surface area contributed by atoms with Crippen LogP contribution >= 0.6 is 0 Å². The molecule has 0 aliphatic rings. The highest BCUT2D eigenvalue weighted by Gasteiger charge is 2.03. The van der Waals surface area contributed by atoms with Crippen LogP contribution in [0.3, 0.4) is 0 Å². The van der Waals surface area contributed by atoms with Crippen LogP contribution in [-0.2, 0) is 7.05 Å². The van der Waals surface area contributed by atoms with Crippen LogP contribution in [0.15, 0.2) is 48.7 Å². The fourth-order valence-electron chi connectivity index (χ4n) is 2.05. The molecule has 3 nitrogen and oxygen atoms in total. The van der Waals surface area contributed by atoms with E-state index in [2.05, 4.69) is 11.2 Å². The van der Waals surface area contributed by atoms with E-state index in [4.69, 9.17) is 0 Å². The SMILES string of the molecule is Cn1nccc1-c1ccc2cc(O)ccc2c1. The predicted octanol–water partition coefficient (Wildman–Crippen LogP) is 2.95. The predicted molar refractivity (Wildman–Crippen MR) is 67.8 cm³/mol. The summed E-state index contributed by atoms with van der Waals surface area (Å²) in [4.78, 5) is 0. The van der Waals surface area contributed by atoms with Gasteiger partial charge >= 0.3 is 0 Å². The van der Waals surface area contributed by atoms with Crippen molar-refractivity contribution in [3.8, 4) is 17.0 Å². The summed E-state index contributed by atoms with van der Waals surface area (Å²) in [6.45, 7) is 0. The van der Waals surface area contributed by atoms with Crippen LogP contribution in [0.1, 0.15) is 0 Å². The summed E-state index contributed by atoms with van der Waals surface area (Å²) in [6, 6.07) is 13.5. The molecule has 0 amide bonds. The minimum Gasteiger partial charge on any atom is -0.508 e. The summed E-state index contributed by atoms with van der Waals surface area (Å²) < 4.78 is 1.85. The highest BCUT2D eigenvalue weighted by Crippen LogP contribution is 2.26. The first-order chi connectivity index (χ1) is 8.24. The summed E-state index contributed by atoms with van der Waals surface area (Å²) in [6.07, 6.45) is 1.79. The maximum atomic E-state index is 9.41. The number of benzene rings is 2. The van der Waals surface area contributed by atoms with Crippen LogP contribution in [0.2, 0.25) is 0 Å². The molecule has 0 unspecified atom stereocenters. The van der Waals surface area contributed by atoms with Gasteiger partial charge < -0.3 is 5.11 Å². The number of aryl methyl sites for hydroxylation is 1. The summed E-state index contributed by atoms with van der Waals surface area (Å²) >= 11 is 0. The van der Waals surface area contributed by atoms with Crippen LogP contribution in [-0.4, -0.2) is 14.9 Å². The van der Waals surface area contributed by atoms with Gasteiger partial charge in [0.15, 0.2) is 0 Å². The lowest BCUT2D eigenvalue weighted by Gasteiger charge is -2.04. The average molecular weight is 224 g/mol. The monoisotopic (exact) mass is 224 g/mol. The number of hydrogen-bond donors (Lipinski definition) is 1. The molecule has 0 bridgehead atoms. The normalized spacial score (nSPS) is 10.9. The van der Waals surface area contributed by atoms with Crippen molar-refractivity contribution in [2.45, 2.75) is 0 Å². The van der Waals surface area contributed by atoms with E-state index >= 15 is 0 Å². The van der Waals surface area contributed by atoms with Gasteiger partial charge in [-0.1, -0.05) is 18.2 Å². The molecule has 0 fully saturated rings. The van der Waals surface area contributed by atoms with Gasteiger partial charge in [0.1, 0.15) is 5.75 Å². The van der Waals surface area contributed by atoms with E-state index in [0.717, 1.165) is 22.0 Å². The topological polar surface area (TPSA) is 38.0 Å². The molecule has 3 rings (SSSR count). The first kappa shape index (κ1) is 9.90. The number of aromatic nitrogens is 2. The molecule has 0 spiro atoms. The molecular formula is C14H12N2O. The van der Waals surface area contributed by atoms with E-state index in [1.54, 1.807) is 18.3 Å².